The number of hydrogen-bond acceptors (Lipinski definition) is 4. The van der Waals surface area contributed by atoms with Crippen LogP contribution in [0.4, 0.5) is 5.69 Å². The maximum atomic E-state index is 12.3. The predicted molar refractivity (Wildman–Crippen MR) is 108 cm³/mol. The van der Waals surface area contributed by atoms with E-state index in [1.165, 1.54) is 5.56 Å². The molecule has 0 aliphatic carbocycles. The Morgan fingerprint density at radius 1 is 1.15 bits per heavy atom. The second kappa shape index (κ2) is 9.65. The molecule has 1 atom stereocenters. The predicted octanol–water partition coefficient (Wildman–Crippen LogP) is 2.92. The fourth-order valence-electron chi connectivity index (χ4n) is 3.56. The van der Waals surface area contributed by atoms with Crippen LogP contribution in [0.15, 0.2) is 54.6 Å². The van der Waals surface area contributed by atoms with Gasteiger partial charge in [0.15, 0.2) is 0 Å². The highest BCUT2D eigenvalue weighted by Gasteiger charge is 2.18. The molecule has 1 unspecified atom stereocenters. The van der Waals surface area contributed by atoms with Crippen LogP contribution in [0.5, 0.6) is 0 Å². The molecule has 0 spiro atoms. The average molecular weight is 367 g/mol. The largest absolute Gasteiger partial charge is 0.396 e. The fraction of sp³-hybridized carbons (Fsp3) is 0.409. The number of piperidine rings is 1. The Hall–Kier alpha value is -2.21. The molecule has 1 aliphatic heterocycles. The van der Waals surface area contributed by atoms with Gasteiger partial charge in [0, 0.05) is 31.3 Å². The number of aliphatic hydroxyl groups excluding tert-OH is 1. The molecule has 27 heavy (non-hydrogen) atoms. The molecular weight excluding hydrogens is 338 g/mol. The number of carbonyl (C=O) groups excluding carboxylic acids is 1. The van der Waals surface area contributed by atoms with Gasteiger partial charge in [-0.15, -0.1) is 0 Å². The Morgan fingerprint density at radius 3 is 2.59 bits per heavy atom. The van der Waals surface area contributed by atoms with E-state index in [2.05, 4.69) is 16.3 Å². The summed E-state index contributed by atoms with van der Waals surface area (Å²) in [5, 5.41) is 12.2. The van der Waals surface area contributed by atoms with Crippen molar-refractivity contribution in [3.05, 3.63) is 65.7 Å². The lowest BCUT2D eigenvalue weighted by atomic mass is 9.97. The molecule has 0 radical (unpaired) electrons. The Labute approximate surface area is 161 Å². The minimum atomic E-state index is -0.304. The SMILES string of the molecule is NC(CC(=O)Nc1cccc(CN2CCC(CO)CC2)c1)c1ccccc1. The van der Waals surface area contributed by atoms with Gasteiger partial charge >= 0.3 is 0 Å². The number of carbonyl (C=O) groups is 1. The van der Waals surface area contributed by atoms with Gasteiger partial charge in [0.05, 0.1) is 0 Å². The maximum Gasteiger partial charge on any atom is 0.226 e. The van der Waals surface area contributed by atoms with Crippen LogP contribution in [0, 0.1) is 5.92 Å². The number of rotatable bonds is 7. The molecule has 1 saturated heterocycles. The van der Waals surface area contributed by atoms with E-state index in [1.54, 1.807) is 0 Å². The van der Waals surface area contributed by atoms with Crippen LogP contribution in [0.25, 0.3) is 0 Å². The minimum absolute atomic E-state index is 0.0766. The molecular formula is C22H29N3O2. The third kappa shape index (κ3) is 5.89. The number of likely N-dealkylation sites (tertiary alicyclic amines) is 1. The Morgan fingerprint density at radius 2 is 1.89 bits per heavy atom. The van der Waals surface area contributed by atoms with Gasteiger partial charge in [-0.3, -0.25) is 9.69 Å². The third-order valence-electron chi connectivity index (χ3n) is 5.22. The van der Waals surface area contributed by atoms with Crippen LogP contribution in [0.2, 0.25) is 0 Å². The normalized spacial score (nSPS) is 16.8. The van der Waals surface area contributed by atoms with Gasteiger partial charge < -0.3 is 16.2 Å². The van der Waals surface area contributed by atoms with Crippen molar-refractivity contribution in [1.29, 1.82) is 0 Å². The topological polar surface area (TPSA) is 78.6 Å². The highest BCUT2D eigenvalue weighted by molar-refractivity contribution is 5.91. The van der Waals surface area contributed by atoms with Crippen molar-refractivity contribution < 1.29 is 9.90 Å². The molecule has 0 aromatic heterocycles. The number of nitrogens with two attached hydrogens (primary N) is 1. The summed E-state index contributed by atoms with van der Waals surface area (Å²) in [5.41, 5.74) is 9.10. The fourth-order valence-corrected chi connectivity index (χ4v) is 3.56. The average Bonchev–Trinajstić information content (AvgIpc) is 2.69. The van der Waals surface area contributed by atoms with Crippen molar-refractivity contribution in [2.45, 2.75) is 31.8 Å². The second-order valence-electron chi connectivity index (χ2n) is 7.37. The van der Waals surface area contributed by atoms with Crippen molar-refractivity contribution in [3.8, 4) is 0 Å². The molecule has 1 heterocycles. The summed E-state index contributed by atoms with van der Waals surface area (Å²) in [7, 11) is 0. The highest BCUT2D eigenvalue weighted by Crippen LogP contribution is 2.20. The van der Waals surface area contributed by atoms with Gasteiger partial charge in [0.2, 0.25) is 5.91 Å². The van der Waals surface area contributed by atoms with Crippen molar-refractivity contribution in [2.24, 2.45) is 11.7 Å². The monoisotopic (exact) mass is 367 g/mol. The van der Waals surface area contributed by atoms with E-state index in [4.69, 9.17) is 5.73 Å². The molecule has 5 heteroatoms. The number of hydrogen-bond donors (Lipinski definition) is 3. The molecule has 4 N–H and O–H groups in total. The van der Waals surface area contributed by atoms with E-state index in [1.807, 2.05) is 48.5 Å². The number of nitrogens with zero attached hydrogens (tertiary/aromatic N) is 1. The second-order valence-corrected chi connectivity index (χ2v) is 7.37. The molecule has 3 rings (SSSR count). The molecule has 1 amide bonds. The lowest BCUT2D eigenvalue weighted by Gasteiger charge is -2.31. The zero-order valence-electron chi connectivity index (χ0n) is 15.7. The highest BCUT2D eigenvalue weighted by atomic mass is 16.3. The lowest BCUT2D eigenvalue weighted by Crippen LogP contribution is -2.34. The van der Waals surface area contributed by atoms with E-state index in [-0.39, 0.29) is 18.4 Å². The number of benzene rings is 2. The molecule has 2 aromatic rings. The Balaban J connectivity index is 1.52. The van der Waals surface area contributed by atoms with Gasteiger partial charge in [-0.2, -0.15) is 0 Å². The van der Waals surface area contributed by atoms with E-state index in [0.29, 0.717) is 12.5 Å². The van der Waals surface area contributed by atoms with Gasteiger partial charge in [-0.25, -0.2) is 0 Å². The van der Waals surface area contributed by atoms with Gasteiger partial charge in [-0.05, 0) is 55.1 Å². The smallest absolute Gasteiger partial charge is 0.226 e. The van der Waals surface area contributed by atoms with Crippen LogP contribution in [-0.4, -0.2) is 35.6 Å². The van der Waals surface area contributed by atoms with Crippen LogP contribution in [0.3, 0.4) is 0 Å². The zero-order valence-corrected chi connectivity index (χ0v) is 15.7. The standard InChI is InChI=1S/C22H29N3O2/c23-21(19-6-2-1-3-7-19)14-22(27)24-20-8-4-5-18(13-20)15-25-11-9-17(16-26)10-12-25/h1-8,13,17,21,26H,9-12,14-16,23H2,(H,24,27). The summed E-state index contributed by atoms with van der Waals surface area (Å²) in [6, 6.07) is 17.4. The first-order valence-corrected chi connectivity index (χ1v) is 9.66. The number of anilines is 1. The van der Waals surface area contributed by atoms with Gasteiger partial charge in [0.25, 0.3) is 0 Å². The Kier molecular flexibility index (Phi) is 6.98. The van der Waals surface area contributed by atoms with E-state index in [9.17, 15) is 9.90 Å². The number of aliphatic hydroxyl groups is 1. The summed E-state index contributed by atoms with van der Waals surface area (Å²) in [5.74, 6) is 0.368. The molecule has 1 fully saturated rings. The quantitative estimate of drug-likeness (QED) is 0.703. The summed E-state index contributed by atoms with van der Waals surface area (Å²) in [4.78, 5) is 14.7. The number of amides is 1. The van der Waals surface area contributed by atoms with E-state index >= 15 is 0 Å². The first-order valence-electron chi connectivity index (χ1n) is 9.66. The molecule has 5 nitrogen and oxygen atoms in total. The van der Waals surface area contributed by atoms with Crippen molar-refractivity contribution in [2.75, 3.05) is 25.0 Å². The molecule has 144 valence electrons. The molecule has 2 aromatic carbocycles. The van der Waals surface area contributed by atoms with Crippen LogP contribution >= 0.6 is 0 Å². The van der Waals surface area contributed by atoms with Crippen molar-refractivity contribution in [3.63, 3.8) is 0 Å². The van der Waals surface area contributed by atoms with Crippen LogP contribution in [-0.2, 0) is 11.3 Å². The minimum Gasteiger partial charge on any atom is -0.396 e. The maximum absolute atomic E-state index is 12.3. The van der Waals surface area contributed by atoms with Crippen LogP contribution in [0.1, 0.15) is 36.4 Å². The van der Waals surface area contributed by atoms with E-state index < -0.39 is 0 Å². The van der Waals surface area contributed by atoms with Gasteiger partial charge in [0.1, 0.15) is 0 Å². The number of nitrogens with one attached hydrogen (secondary N) is 1. The van der Waals surface area contributed by atoms with Crippen LogP contribution < -0.4 is 11.1 Å². The molecule has 0 bridgehead atoms. The van der Waals surface area contributed by atoms with E-state index in [0.717, 1.165) is 43.7 Å². The molecule has 1 aliphatic rings. The summed E-state index contributed by atoms with van der Waals surface area (Å²) < 4.78 is 0. The zero-order chi connectivity index (χ0) is 19.1. The summed E-state index contributed by atoms with van der Waals surface area (Å²) in [6.07, 6.45) is 2.34. The van der Waals surface area contributed by atoms with Crippen molar-refractivity contribution >= 4 is 11.6 Å². The lowest BCUT2D eigenvalue weighted by molar-refractivity contribution is -0.116. The van der Waals surface area contributed by atoms with Gasteiger partial charge in [-0.1, -0.05) is 42.5 Å². The van der Waals surface area contributed by atoms with Crippen molar-refractivity contribution in [1.82, 2.24) is 4.90 Å². The summed E-state index contributed by atoms with van der Waals surface area (Å²) in [6.45, 7) is 3.17. The summed E-state index contributed by atoms with van der Waals surface area (Å²) >= 11 is 0. The molecule has 0 saturated carbocycles. The first kappa shape index (κ1) is 19.5. The third-order valence-corrected chi connectivity index (χ3v) is 5.22. The first-order chi connectivity index (χ1) is 13.1. The Bertz CT molecular complexity index is 727.